The zero-order chi connectivity index (χ0) is 35.1. The van der Waals surface area contributed by atoms with E-state index >= 15 is 0 Å². The molecule has 5 aromatic carbocycles. The zero-order valence-electron chi connectivity index (χ0n) is 28.1. The number of benzene rings is 5. The zero-order valence-corrected chi connectivity index (χ0v) is 28.1. The van der Waals surface area contributed by atoms with Crippen molar-refractivity contribution < 1.29 is 0 Å². The van der Waals surface area contributed by atoms with Crippen LogP contribution in [0.15, 0.2) is 134 Å². The fourth-order valence-corrected chi connectivity index (χ4v) is 7.59. The first-order chi connectivity index (χ1) is 25.1. The highest BCUT2D eigenvalue weighted by Gasteiger charge is 2.23. The lowest BCUT2D eigenvalue weighted by Crippen LogP contribution is -2.06. The van der Waals surface area contributed by atoms with Gasteiger partial charge in [0.2, 0.25) is 0 Å². The van der Waals surface area contributed by atoms with Gasteiger partial charge in [-0.3, -0.25) is 0 Å². The molecule has 240 valence electrons. The Bertz CT molecular complexity index is 2790. The Morgan fingerprint density at radius 2 is 1.41 bits per heavy atom. The normalized spacial score (nSPS) is 12.8. The molecule has 1 aliphatic rings. The van der Waals surface area contributed by atoms with Crippen molar-refractivity contribution in [2.45, 2.75) is 19.8 Å². The minimum Gasteiger partial charge on any atom is -0.313 e. The molecule has 2 aromatic heterocycles. The van der Waals surface area contributed by atoms with Crippen LogP contribution in [0.1, 0.15) is 46.4 Å². The Kier molecular flexibility index (Phi) is 7.77. The second-order valence-electron chi connectivity index (χ2n) is 12.7. The molecule has 1 aliphatic carbocycles. The number of aromatic nitrogens is 2. The molecule has 0 fully saturated rings. The molecule has 0 spiro atoms. The van der Waals surface area contributed by atoms with Gasteiger partial charge in [0, 0.05) is 44.4 Å². The van der Waals surface area contributed by atoms with Crippen molar-refractivity contribution in [3.63, 3.8) is 0 Å². The quantitative estimate of drug-likeness (QED) is 0.167. The molecular weight excluding hydrogens is 623 g/mol. The van der Waals surface area contributed by atoms with Crippen molar-refractivity contribution >= 4 is 50.1 Å². The van der Waals surface area contributed by atoms with Crippen LogP contribution in [0.3, 0.4) is 0 Å². The topological polar surface area (TPSA) is 81.2 Å². The Labute approximate surface area is 296 Å². The summed E-state index contributed by atoms with van der Waals surface area (Å²) < 4.78 is 4.54. The third-order valence-corrected chi connectivity index (χ3v) is 9.89. The number of fused-ring (bicyclic) bond motifs is 4. The molecule has 7 aromatic rings. The van der Waals surface area contributed by atoms with Crippen LogP contribution in [0.25, 0.3) is 66.9 Å². The second-order valence-corrected chi connectivity index (χ2v) is 12.7. The number of aryl methyl sites for hydroxylation is 1. The van der Waals surface area contributed by atoms with Crippen LogP contribution in [-0.4, -0.2) is 9.13 Å². The van der Waals surface area contributed by atoms with Crippen LogP contribution in [0.5, 0.6) is 0 Å². The largest absolute Gasteiger partial charge is 0.313 e. The van der Waals surface area contributed by atoms with Crippen molar-refractivity contribution in [3.8, 4) is 35.0 Å². The number of rotatable bonds is 6. The Hall–Kier alpha value is -7.13. The van der Waals surface area contributed by atoms with Crippen molar-refractivity contribution in [2.75, 3.05) is 0 Å². The number of nitrogens with zero attached hydrogens (tertiary/aromatic N) is 5. The van der Waals surface area contributed by atoms with Gasteiger partial charge in [0.1, 0.15) is 0 Å². The maximum absolute atomic E-state index is 10.4. The van der Waals surface area contributed by atoms with E-state index in [1.165, 1.54) is 0 Å². The summed E-state index contributed by atoms with van der Waals surface area (Å²) in [5.41, 5.74) is 13.1. The molecule has 0 amide bonds. The SMILES string of the molecule is C=C/C=C\c1c(C)c2cc(C#N)ccc2n1C1=C(c2cccc(C#N)c2-c2ccc(-n3c4ccccc4c4cc(C#N)ccc43)cc2)C=CCC1. The van der Waals surface area contributed by atoms with Crippen LogP contribution >= 0.6 is 0 Å². The molecule has 5 heteroatoms. The lowest BCUT2D eigenvalue weighted by atomic mass is 9.87. The van der Waals surface area contributed by atoms with Gasteiger partial charge in [0.15, 0.2) is 0 Å². The third kappa shape index (κ3) is 5.07. The van der Waals surface area contributed by atoms with Gasteiger partial charge in [0.05, 0.1) is 51.4 Å². The molecule has 2 heterocycles. The Balaban J connectivity index is 1.33. The first-order valence-electron chi connectivity index (χ1n) is 16.9. The highest BCUT2D eigenvalue weighted by atomic mass is 15.0. The summed E-state index contributed by atoms with van der Waals surface area (Å²) >= 11 is 0. The second kappa shape index (κ2) is 12.7. The molecule has 0 bridgehead atoms. The van der Waals surface area contributed by atoms with Crippen LogP contribution in [0, 0.1) is 40.9 Å². The maximum atomic E-state index is 10.4. The molecule has 0 atom stereocenters. The van der Waals surface area contributed by atoms with Gasteiger partial charge in [-0.05, 0) is 103 Å². The number of para-hydroxylation sites is 1. The summed E-state index contributed by atoms with van der Waals surface area (Å²) in [5.74, 6) is 0. The number of allylic oxidation sites excluding steroid dienone is 6. The van der Waals surface area contributed by atoms with Gasteiger partial charge in [-0.25, -0.2) is 0 Å². The molecule has 51 heavy (non-hydrogen) atoms. The predicted octanol–water partition coefficient (Wildman–Crippen LogP) is 11.2. The van der Waals surface area contributed by atoms with E-state index in [2.05, 4.69) is 102 Å². The Morgan fingerprint density at radius 3 is 2.14 bits per heavy atom. The minimum atomic E-state index is 0.603. The number of hydrogen-bond acceptors (Lipinski definition) is 3. The van der Waals surface area contributed by atoms with E-state index < -0.39 is 0 Å². The monoisotopic (exact) mass is 653 g/mol. The van der Waals surface area contributed by atoms with Crippen LogP contribution < -0.4 is 0 Å². The lowest BCUT2D eigenvalue weighted by molar-refractivity contribution is 0.959. The fraction of sp³-hybridized carbons (Fsp3) is 0.0652. The van der Waals surface area contributed by atoms with E-state index in [1.54, 1.807) is 6.08 Å². The average Bonchev–Trinajstić information content (AvgIpc) is 3.66. The number of hydrogen-bond donors (Lipinski definition) is 0. The van der Waals surface area contributed by atoms with Gasteiger partial charge in [-0.2, -0.15) is 15.8 Å². The van der Waals surface area contributed by atoms with E-state index in [0.717, 1.165) is 90.5 Å². The molecule has 5 nitrogen and oxygen atoms in total. The maximum Gasteiger partial charge on any atom is 0.0998 e. The highest BCUT2D eigenvalue weighted by molar-refractivity contribution is 6.10. The third-order valence-electron chi connectivity index (χ3n) is 9.89. The first-order valence-corrected chi connectivity index (χ1v) is 16.9. The van der Waals surface area contributed by atoms with Gasteiger partial charge >= 0.3 is 0 Å². The smallest absolute Gasteiger partial charge is 0.0998 e. The Morgan fingerprint density at radius 1 is 0.706 bits per heavy atom. The molecule has 0 saturated heterocycles. The summed E-state index contributed by atoms with van der Waals surface area (Å²) in [5, 5.41) is 32.9. The van der Waals surface area contributed by atoms with E-state index in [9.17, 15) is 15.8 Å². The summed E-state index contributed by atoms with van der Waals surface area (Å²) in [6.07, 6.45) is 11.9. The highest BCUT2D eigenvalue weighted by Crippen LogP contribution is 2.42. The lowest BCUT2D eigenvalue weighted by Gasteiger charge is -2.23. The first kappa shape index (κ1) is 31.2. The van der Waals surface area contributed by atoms with Gasteiger partial charge in [0.25, 0.3) is 0 Å². The van der Waals surface area contributed by atoms with E-state index in [0.29, 0.717) is 16.7 Å². The minimum absolute atomic E-state index is 0.603. The molecular formula is C46H31N5. The van der Waals surface area contributed by atoms with Crippen LogP contribution in [-0.2, 0) is 0 Å². The standard InChI is InChI=1S/C46H31N5/c1-3-4-14-41-30(2)39-25-31(27-47)17-23-44(39)51(41)43-16-8-5-11-36(43)38-13-9-10-34(29-49)46(38)33-19-21-35(22-20-33)50-42-15-7-6-12-37(42)40-26-32(28-48)18-24-45(40)50/h3-7,9-15,17-26H,1,8,16H2,2H3/b14-4-. The van der Waals surface area contributed by atoms with Gasteiger partial charge in [-0.15, -0.1) is 0 Å². The molecule has 0 N–H and O–H groups in total. The van der Waals surface area contributed by atoms with Crippen LogP contribution in [0.2, 0.25) is 0 Å². The summed E-state index contributed by atoms with van der Waals surface area (Å²) in [4.78, 5) is 0. The van der Waals surface area contributed by atoms with E-state index in [1.807, 2.05) is 66.7 Å². The summed E-state index contributed by atoms with van der Waals surface area (Å²) in [6, 6.07) is 41.4. The summed E-state index contributed by atoms with van der Waals surface area (Å²) in [6.45, 7) is 6.01. The van der Waals surface area contributed by atoms with Gasteiger partial charge < -0.3 is 9.13 Å². The molecule has 0 radical (unpaired) electrons. The average molecular weight is 654 g/mol. The molecule has 8 rings (SSSR count). The van der Waals surface area contributed by atoms with E-state index in [4.69, 9.17) is 0 Å². The van der Waals surface area contributed by atoms with Gasteiger partial charge in [-0.1, -0.05) is 73.3 Å². The molecule has 0 aliphatic heterocycles. The van der Waals surface area contributed by atoms with E-state index in [-0.39, 0.29) is 0 Å². The van der Waals surface area contributed by atoms with Crippen molar-refractivity contribution in [1.29, 1.82) is 15.8 Å². The molecule has 0 unspecified atom stereocenters. The number of nitriles is 3. The molecule has 0 saturated carbocycles. The van der Waals surface area contributed by atoms with Crippen molar-refractivity contribution in [1.82, 2.24) is 9.13 Å². The van der Waals surface area contributed by atoms with Crippen molar-refractivity contribution in [3.05, 3.63) is 168 Å². The fourth-order valence-electron chi connectivity index (χ4n) is 7.59. The van der Waals surface area contributed by atoms with Crippen molar-refractivity contribution in [2.24, 2.45) is 0 Å². The van der Waals surface area contributed by atoms with Crippen LogP contribution in [0.4, 0.5) is 0 Å². The predicted molar refractivity (Wildman–Crippen MR) is 208 cm³/mol. The summed E-state index contributed by atoms with van der Waals surface area (Å²) in [7, 11) is 0.